The van der Waals surface area contributed by atoms with E-state index in [1.165, 1.54) is 30.3 Å². The summed E-state index contributed by atoms with van der Waals surface area (Å²) < 4.78 is 13.7. The molecule has 1 atom stereocenters. The second-order valence-corrected chi connectivity index (χ2v) is 4.64. The first kappa shape index (κ1) is 13.5. The zero-order chi connectivity index (χ0) is 14.0. The highest BCUT2D eigenvalue weighted by molar-refractivity contribution is 6.30. The topological polar surface area (TPSA) is 52.5 Å². The van der Waals surface area contributed by atoms with Gasteiger partial charge in [0.1, 0.15) is 17.3 Å². The molecule has 3 N–H and O–H groups in total. The number of benzene rings is 2. The second-order valence-electron chi connectivity index (χ2n) is 4.20. The summed E-state index contributed by atoms with van der Waals surface area (Å²) in [6.45, 7) is 1.71. The van der Waals surface area contributed by atoms with Gasteiger partial charge in [-0.25, -0.2) is 4.39 Å². The van der Waals surface area contributed by atoms with Gasteiger partial charge in [-0.15, -0.1) is 0 Å². The van der Waals surface area contributed by atoms with Crippen molar-refractivity contribution >= 4 is 17.3 Å². The van der Waals surface area contributed by atoms with Crippen LogP contribution in [0.1, 0.15) is 18.5 Å². The third-order valence-electron chi connectivity index (χ3n) is 2.80. The number of nitrogens with one attached hydrogen (secondary N) is 1. The molecule has 0 aliphatic heterocycles. The number of hydrogen-bond acceptors (Lipinski definition) is 3. The van der Waals surface area contributed by atoms with E-state index in [9.17, 15) is 14.6 Å². The van der Waals surface area contributed by atoms with Crippen molar-refractivity contribution in [1.29, 1.82) is 0 Å². The maximum atomic E-state index is 13.7. The lowest BCUT2D eigenvalue weighted by molar-refractivity contribution is 0.434. The van der Waals surface area contributed by atoms with E-state index in [0.717, 1.165) is 0 Å². The van der Waals surface area contributed by atoms with Crippen LogP contribution in [0, 0.1) is 5.82 Å². The number of aromatic hydroxyl groups is 2. The SMILES string of the molecule is CC(Nc1ccc(Cl)cc1F)c1c(O)cccc1O. The maximum absolute atomic E-state index is 13.7. The summed E-state index contributed by atoms with van der Waals surface area (Å²) in [6, 6.07) is 8.26. The number of anilines is 1. The molecule has 0 aliphatic carbocycles. The number of halogens is 2. The van der Waals surface area contributed by atoms with Crippen LogP contribution in [-0.4, -0.2) is 10.2 Å². The number of phenolic OH excluding ortho intramolecular Hbond substituents is 2. The fourth-order valence-electron chi connectivity index (χ4n) is 1.90. The van der Waals surface area contributed by atoms with Crippen LogP contribution < -0.4 is 5.32 Å². The molecule has 0 aromatic heterocycles. The Kier molecular flexibility index (Phi) is 3.81. The summed E-state index contributed by atoms with van der Waals surface area (Å²) in [5.41, 5.74) is 0.566. The van der Waals surface area contributed by atoms with Gasteiger partial charge in [0.2, 0.25) is 0 Å². The highest BCUT2D eigenvalue weighted by Crippen LogP contribution is 2.34. The van der Waals surface area contributed by atoms with Crippen molar-refractivity contribution in [1.82, 2.24) is 0 Å². The van der Waals surface area contributed by atoms with Gasteiger partial charge in [-0.2, -0.15) is 0 Å². The quantitative estimate of drug-likeness (QED) is 0.795. The molecule has 2 aromatic rings. The smallest absolute Gasteiger partial charge is 0.147 e. The lowest BCUT2D eigenvalue weighted by atomic mass is 10.1. The Morgan fingerprint density at radius 3 is 2.37 bits per heavy atom. The molecule has 1 unspecified atom stereocenters. The van der Waals surface area contributed by atoms with E-state index in [4.69, 9.17) is 11.6 Å². The lowest BCUT2D eigenvalue weighted by Crippen LogP contribution is -2.08. The van der Waals surface area contributed by atoms with Gasteiger partial charge in [-0.05, 0) is 37.3 Å². The van der Waals surface area contributed by atoms with Gasteiger partial charge in [-0.1, -0.05) is 17.7 Å². The Hall–Kier alpha value is -1.94. The summed E-state index contributed by atoms with van der Waals surface area (Å²) >= 11 is 5.67. The van der Waals surface area contributed by atoms with Crippen molar-refractivity contribution in [2.75, 3.05) is 5.32 Å². The Labute approximate surface area is 115 Å². The van der Waals surface area contributed by atoms with E-state index >= 15 is 0 Å². The van der Waals surface area contributed by atoms with E-state index in [2.05, 4.69) is 5.32 Å². The third-order valence-corrected chi connectivity index (χ3v) is 3.03. The normalized spacial score (nSPS) is 12.2. The fourth-order valence-corrected chi connectivity index (χ4v) is 2.06. The average Bonchev–Trinajstić information content (AvgIpc) is 2.32. The fraction of sp³-hybridized carbons (Fsp3) is 0.143. The second kappa shape index (κ2) is 5.36. The Bertz CT molecular complexity index is 584. The number of phenols is 2. The highest BCUT2D eigenvalue weighted by Gasteiger charge is 2.16. The van der Waals surface area contributed by atoms with Gasteiger partial charge in [0, 0.05) is 5.02 Å². The van der Waals surface area contributed by atoms with Gasteiger partial charge >= 0.3 is 0 Å². The van der Waals surface area contributed by atoms with Gasteiger partial charge in [-0.3, -0.25) is 0 Å². The third kappa shape index (κ3) is 2.90. The van der Waals surface area contributed by atoms with Crippen LogP contribution in [0.25, 0.3) is 0 Å². The van der Waals surface area contributed by atoms with Crippen molar-refractivity contribution in [3.05, 3.63) is 52.8 Å². The number of rotatable bonds is 3. The highest BCUT2D eigenvalue weighted by atomic mass is 35.5. The molecule has 3 nitrogen and oxygen atoms in total. The summed E-state index contributed by atoms with van der Waals surface area (Å²) in [5, 5.41) is 22.7. The standard InChI is InChI=1S/C14H13ClFNO2/c1-8(14-12(18)3-2-4-13(14)19)17-11-6-5-9(15)7-10(11)16/h2-8,17-19H,1H3. The predicted octanol–water partition coefficient (Wildman–Crippen LogP) is 4.06. The van der Waals surface area contributed by atoms with E-state index in [1.54, 1.807) is 13.0 Å². The van der Waals surface area contributed by atoms with Crippen LogP contribution in [0.15, 0.2) is 36.4 Å². The molecule has 0 radical (unpaired) electrons. The molecule has 19 heavy (non-hydrogen) atoms. The Morgan fingerprint density at radius 1 is 1.16 bits per heavy atom. The Morgan fingerprint density at radius 2 is 1.79 bits per heavy atom. The van der Waals surface area contributed by atoms with Crippen LogP contribution >= 0.6 is 11.6 Å². The van der Waals surface area contributed by atoms with E-state index in [0.29, 0.717) is 10.6 Å². The monoisotopic (exact) mass is 281 g/mol. The summed E-state index contributed by atoms with van der Waals surface area (Å²) in [7, 11) is 0. The lowest BCUT2D eigenvalue weighted by Gasteiger charge is -2.18. The summed E-state index contributed by atoms with van der Waals surface area (Å²) in [4.78, 5) is 0. The van der Waals surface area contributed by atoms with Crippen LogP contribution in [0.5, 0.6) is 11.5 Å². The molecule has 2 rings (SSSR count). The molecule has 0 spiro atoms. The summed E-state index contributed by atoms with van der Waals surface area (Å²) in [5.74, 6) is -0.585. The molecular weight excluding hydrogens is 269 g/mol. The molecule has 0 saturated carbocycles. The molecule has 0 fully saturated rings. The maximum Gasteiger partial charge on any atom is 0.147 e. The van der Waals surface area contributed by atoms with E-state index in [1.807, 2.05) is 0 Å². The first-order valence-electron chi connectivity index (χ1n) is 5.71. The van der Waals surface area contributed by atoms with Crippen LogP contribution in [0.2, 0.25) is 5.02 Å². The minimum atomic E-state index is -0.491. The molecule has 100 valence electrons. The largest absolute Gasteiger partial charge is 0.507 e. The summed E-state index contributed by atoms with van der Waals surface area (Å²) in [6.07, 6.45) is 0. The molecule has 0 aliphatic rings. The zero-order valence-corrected chi connectivity index (χ0v) is 10.9. The molecule has 0 heterocycles. The molecule has 5 heteroatoms. The minimum absolute atomic E-state index is 0.0469. The van der Waals surface area contributed by atoms with E-state index < -0.39 is 11.9 Å². The van der Waals surface area contributed by atoms with Crippen molar-refractivity contribution in [2.24, 2.45) is 0 Å². The van der Waals surface area contributed by atoms with Crippen LogP contribution in [-0.2, 0) is 0 Å². The van der Waals surface area contributed by atoms with Crippen molar-refractivity contribution < 1.29 is 14.6 Å². The van der Waals surface area contributed by atoms with Gasteiger partial charge < -0.3 is 15.5 Å². The zero-order valence-electron chi connectivity index (χ0n) is 10.2. The van der Waals surface area contributed by atoms with Crippen LogP contribution in [0.4, 0.5) is 10.1 Å². The first-order valence-corrected chi connectivity index (χ1v) is 6.09. The first-order chi connectivity index (χ1) is 8.99. The predicted molar refractivity (Wildman–Crippen MR) is 73.2 cm³/mol. The van der Waals surface area contributed by atoms with E-state index in [-0.39, 0.29) is 17.2 Å². The molecule has 0 amide bonds. The average molecular weight is 282 g/mol. The Balaban J connectivity index is 2.28. The molecule has 0 bridgehead atoms. The van der Waals surface area contributed by atoms with Crippen molar-refractivity contribution in [3.8, 4) is 11.5 Å². The van der Waals surface area contributed by atoms with Crippen molar-refractivity contribution in [3.63, 3.8) is 0 Å². The molecular formula is C14H13ClFNO2. The van der Waals surface area contributed by atoms with Crippen molar-refractivity contribution in [2.45, 2.75) is 13.0 Å². The number of hydrogen-bond donors (Lipinski definition) is 3. The molecule has 2 aromatic carbocycles. The molecule has 0 saturated heterocycles. The minimum Gasteiger partial charge on any atom is -0.507 e. The van der Waals surface area contributed by atoms with Crippen LogP contribution in [0.3, 0.4) is 0 Å². The van der Waals surface area contributed by atoms with Gasteiger partial charge in [0.15, 0.2) is 0 Å². The van der Waals surface area contributed by atoms with Gasteiger partial charge in [0.05, 0.1) is 17.3 Å². The van der Waals surface area contributed by atoms with Gasteiger partial charge in [0.25, 0.3) is 0 Å².